The van der Waals surface area contributed by atoms with Crippen molar-refractivity contribution in [1.82, 2.24) is 10.2 Å². The van der Waals surface area contributed by atoms with Crippen LogP contribution in [-0.2, 0) is 6.42 Å². The van der Waals surface area contributed by atoms with Gasteiger partial charge in [0.05, 0.1) is 18.2 Å². The van der Waals surface area contributed by atoms with Crippen LogP contribution in [0.25, 0.3) is 0 Å². The van der Waals surface area contributed by atoms with Crippen LogP contribution in [-0.4, -0.2) is 50.8 Å². The lowest BCUT2D eigenvalue weighted by Gasteiger charge is -2.27. The largest absolute Gasteiger partial charge is 0.494 e. The van der Waals surface area contributed by atoms with Crippen LogP contribution >= 0.6 is 11.6 Å². The van der Waals surface area contributed by atoms with Gasteiger partial charge in [0, 0.05) is 38.8 Å². The van der Waals surface area contributed by atoms with Crippen LogP contribution in [0.15, 0.2) is 12.1 Å². The molecule has 4 nitrogen and oxygen atoms in total. The second kappa shape index (κ2) is 8.47. The Morgan fingerprint density at radius 1 is 1.10 bits per heavy atom. The molecule has 1 aliphatic rings. The first-order chi connectivity index (χ1) is 10.2. The second-order valence-electron chi connectivity index (χ2n) is 5.10. The van der Waals surface area contributed by atoms with Crippen molar-refractivity contribution in [2.75, 3.05) is 45.9 Å². The van der Waals surface area contributed by atoms with Crippen molar-refractivity contribution in [3.05, 3.63) is 22.7 Å². The topological polar surface area (TPSA) is 33.7 Å². The van der Waals surface area contributed by atoms with E-state index >= 15 is 0 Å². The maximum atomic E-state index is 6.24. The molecule has 1 aromatic carbocycles. The molecule has 0 unspecified atom stereocenters. The third kappa shape index (κ3) is 4.77. The van der Waals surface area contributed by atoms with E-state index < -0.39 is 0 Å². The number of hydrogen-bond donors (Lipinski definition) is 1. The minimum atomic E-state index is 0.616. The van der Waals surface area contributed by atoms with E-state index in [4.69, 9.17) is 21.1 Å². The molecule has 1 saturated heterocycles. The molecule has 0 saturated carbocycles. The van der Waals surface area contributed by atoms with E-state index in [1.807, 2.05) is 26.0 Å². The number of hydrogen-bond acceptors (Lipinski definition) is 4. The zero-order chi connectivity index (χ0) is 15.1. The maximum absolute atomic E-state index is 6.24. The van der Waals surface area contributed by atoms with Crippen molar-refractivity contribution in [1.29, 1.82) is 0 Å². The SMILES string of the molecule is CCOc1cc(CCN2CCNCC2)c(OCC)cc1Cl. The van der Waals surface area contributed by atoms with Gasteiger partial charge in [0.25, 0.3) is 0 Å². The van der Waals surface area contributed by atoms with E-state index in [-0.39, 0.29) is 0 Å². The van der Waals surface area contributed by atoms with Crippen LogP contribution < -0.4 is 14.8 Å². The predicted octanol–water partition coefficient (Wildman–Crippen LogP) is 2.59. The van der Waals surface area contributed by atoms with Crippen LogP contribution in [0.1, 0.15) is 19.4 Å². The summed E-state index contributed by atoms with van der Waals surface area (Å²) in [6, 6.07) is 3.90. The number of nitrogens with one attached hydrogen (secondary N) is 1. The summed E-state index contributed by atoms with van der Waals surface area (Å²) in [7, 11) is 0. The fraction of sp³-hybridized carbons (Fsp3) is 0.625. The highest BCUT2D eigenvalue weighted by Gasteiger charge is 2.14. The van der Waals surface area contributed by atoms with Crippen molar-refractivity contribution < 1.29 is 9.47 Å². The molecule has 1 aromatic rings. The van der Waals surface area contributed by atoms with Gasteiger partial charge in [-0.1, -0.05) is 11.6 Å². The highest BCUT2D eigenvalue weighted by molar-refractivity contribution is 6.32. The van der Waals surface area contributed by atoms with Gasteiger partial charge >= 0.3 is 0 Å². The lowest BCUT2D eigenvalue weighted by Crippen LogP contribution is -2.44. The quantitative estimate of drug-likeness (QED) is 0.839. The summed E-state index contributed by atoms with van der Waals surface area (Å²) in [5.41, 5.74) is 1.17. The average molecular weight is 313 g/mol. The van der Waals surface area contributed by atoms with Crippen molar-refractivity contribution in [2.45, 2.75) is 20.3 Å². The maximum Gasteiger partial charge on any atom is 0.138 e. The Bertz CT molecular complexity index is 448. The van der Waals surface area contributed by atoms with Crippen LogP contribution in [0, 0.1) is 0 Å². The van der Waals surface area contributed by atoms with Gasteiger partial charge in [-0.15, -0.1) is 0 Å². The van der Waals surface area contributed by atoms with Crippen molar-refractivity contribution in [3.63, 3.8) is 0 Å². The molecule has 1 N–H and O–H groups in total. The molecule has 0 spiro atoms. The molecular weight excluding hydrogens is 288 g/mol. The Labute approximate surface area is 132 Å². The number of benzene rings is 1. The normalized spacial score (nSPS) is 16.0. The first-order valence-electron chi connectivity index (χ1n) is 7.75. The monoisotopic (exact) mass is 312 g/mol. The van der Waals surface area contributed by atoms with Gasteiger partial charge in [0.1, 0.15) is 11.5 Å². The lowest BCUT2D eigenvalue weighted by atomic mass is 10.1. The Kier molecular flexibility index (Phi) is 6.61. The molecule has 21 heavy (non-hydrogen) atoms. The van der Waals surface area contributed by atoms with Gasteiger partial charge in [-0.3, -0.25) is 0 Å². The second-order valence-corrected chi connectivity index (χ2v) is 5.51. The first kappa shape index (κ1) is 16.4. The molecular formula is C16H25ClN2O2. The molecule has 0 radical (unpaired) electrons. The number of ether oxygens (including phenoxy) is 2. The van der Waals surface area contributed by atoms with Gasteiger partial charge in [-0.2, -0.15) is 0 Å². The Hall–Kier alpha value is -0.970. The van der Waals surface area contributed by atoms with Gasteiger partial charge in [-0.05, 0) is 31.9 Å². The molecule has 0 aliphatic carbocycles. The van der Waals surface area contributed by atoms with Crippen LogP contribution in [0.4, 0.5) is 0 Å². The van der Waals surface area contributed by atoms with E-state index in [9.17, 15) is 0 Å². The first-order valence-corrected chi connectivity index (χ1v) is 8.13. The molecule has 0 amide bonds. The van der Waals surface area contributed by atoms with E-state index in [0.29, 0.717) is 18.2 Å². The highest BCUT2D eigenvalue weighted by atomic mass is 35.5. The molecule has 0 aromatic heterocycles. The number of rotatable bonds is 7. The summed E-state index contributed by atoms with van der Waals surface area (Å²) in [6.45, 7) is 10.6. The highest BCUT2D eigenvalue weighted by Crippen LogP contribution is 2.33. The third-order valence-electron chi connectivity index (χ3n) is 3.62. The van der Waals surface area contributed by atoms with Crippen LogP contribution in [0.3, 0.4) is 0 Å². The minimum Gasteiger partial charge on any atom is -0.494 e. The zero-order valence-electron chi connectivity index (χ0n) is 13.0. The van der Waals surface area contributed by atoms with Gasteiger partial charge in [-0.25, -0.2) is 0 Å². The summed E-state index contributed by atoms with van der Waals surface area (Å²) in [5, 5.41) is 3.99. The molecule has 118 valence electrons. The van der Waals surface area contributed by atoms with Crippen LogP contribution in [0.2, 0.25) is 5.02 Å². The summed E-state index contributed by atoms with van der Waals surface area (Å²) in [5.74, 6) is 1.62. The number of halogens is 1. The Balaban J connectivity index is 2.08. The van der Waals surface area contributed by atoms with Crippen molar-refractivity contribution in [2.24, 2.45) is 0 Å². The Morgan fingerprint density at radius 3 is 2.43 bits per heavy atom. The van der Waals surface area contributed by atoms with E-state index in [0.717, 1.165) is 50.6 Å². The summed E-state index contributed by atoms with van der Waals surface area (Å²) in [4.78, 5) is 2.47. The van der Waals surface area contributed by atoms with Crippen molar-refractivity contribution >= 4 is 11.6 Å². The fourth-order valence-electron chi connectivity index (χ4n) is 2.54. The van der Waals surface area contributed by atoms with E-state index in [2.05, 4.69) is 10.2 Å². The molecule has 2 rings (SSSR count). The molecule has 0 bridgehead atoms. The predicted molar refractivity (Wildman–Crippen MR) is 86.8 cm³/mol. The van der Waals surface area contributed by atoms with E-state index in [1.165, 1.54) is 5.56 Å². The Morgan fingerprint density at radius 2 is 1.76 bits per heavy atom. The number of piperazine rings is 1. The zero-order valence-corrected chi connectivity index (χ0v) is 13.7. The fourth-order valence-corrected chi connectivity index (χ4v) is 2.75. The van der Waals surface area contributed by atoms with Crippen LogP contribution in [0.5, 0.6) is 11.5 Å². The molecule has 5 heteroatoms. The molecule has 0 atom stereocenters. The summed E-state index contributed by atoms with van der Waals surface area (Å²) in [6.07, 6.45) is 0.951. The van der Waals surface area contributed by atoms with Crippen molar-refractivity contribution in [3.8, 4) is 11.5 Å². The average Bonchev–Trinajstić information content (AvgIpc) is 2.50. The number of nitrogens with zero attached hydrogens (tertiary/aromatic N) is 1. The minimum absolute atomic E-state index is 0.616. The third-order valence-corrected chi connectivity index (χ3v) is 3.92. The molecule has 1 heterocycles. The van der Waals surface area contributed by atoms with Gasteiger partial charge in [0.2, 0.25) is 0 Å². The van der Waals surface area contributed by atoms with Gasteiger partial charge in [0.15, 0.2) is 0 Å². The molecule has 1 fully saturated rings. The summed E-state index contributed by atoms with van der Waals surface area (Å²) < 4.78 is 11.3. The summed E-state index contributed by atoms with van der Waals surface area (Å²) >= 11 is 6.24. The van der Waals surface area contributed by atoms with E-state index in [1.54, 1.807) is 0 Å². The molecule has 1 aliphatic heterocycles. The smallest absolute Gasteiger partial charge is 0.138 e. The lowest BCUT2D eigenvalue weighted by molar-refractivity contribution is 0.242. The van der Waals surface area contributed by atoms with Gasteiger partial charge < -0.3 is 19.7 Å². The standard InChI is InChI=1S/C16H25ClN2O2/c1-3-20-15-12-14(17)16(21-4-2)11-13(15)5-8-19-9-6-18-7-10-19/h11-12,18H,3-10H2,1-2H3.